The van der Waals surface area contributed by atoms with Gasteiger partial charge in [0.1, 0.15) is 5.82 Å². The van der Waals surface area contributed by atoms with E-state index in [1.807, 2.05) is 38.1 Å². The molecule has 34 heavy (non-hydrogen) atoms. The molecule has 3 N–H and O–H groups in total. The molecule has 0 fully saturated rings. The first-order valence-corrected chi connectivity index (χ1v) is 12.6. The Bertz CT molecular complexity index is 1170. The van der Waals surface area contributed by atoms with Gasteiger partial charge in [0.15, 0.2) is 0 Å². The molecular formula is C24H27Cl2N5O2S. The van der Waals surface area contributed by atoms with Crippen LogP contribution < -0.4 is 10.6 Å². The molecule has 2 amide bonds. The van der Waals surface area contributed by atoms with Crippen LogP contribution in [-0.4, -0.2) is 32.7 Å². The van der Waals surface area contributed by atoms with Crippen molar-refractivity contribution in [2.24, 2.45) is 5.92 Å². The maximum absolute atomic E-state index is 12.8. The molecule has 180 valence electrons. The predicted octanol–water partition coefficient (Wildman–Crippen LogP) is 6.09. The summed E-state index contributed by atoms with van der Waals surface area (Å²) in [7, 11) is 0. The number of aromatic amines is 1. The average molecular weight is 520 g/mol. The number of hydrogen-bond donors (Lipinski definition) is 3. The lowest BCUT2D eigenvalue weighted by Crippen LogP contribution is -2.32. The van der Waals surface area contributed by atoms with Gasteiger partial charge in [-0.25, -0.2) is 4.98 Å². The highest BCUT2D eigenvalue weighted by atomic mass is 35.5. The quantitative estimate of drug-likeness (QED) is 0.297. The molecule has 0 bridgehead atoms. The number of amides is 2. The van der Waals surface area contributed by atoms with Crippen LogP contribution in [0.25, 0.3) is 0 Å². The van der Waals surface area contributed by atoms with Gasteiger partial charge in [0, 0.05) is 10.7 Å². The van der Waals surface area contributed by atoms with Gasteiger partial charge in [0.25, 0.3) is 5.91 Å². The Kier molecular flexibility index (Phi) is 8.99. The predicted molar refractivity (Wildman–Crippen MR) is 138 cm³/mol. The Hall–Kier alpha value is -2.55. The summed E-state index contributed by atoms with van der Waals surface area (Å²) in [6.07, 6.45) is 0. The van der Waals surface area contributed by atoms with Crippen molar-refractivity contribution in [3.05, 3.63) is 69.5 Å². The maximum atomic E-state index is 12.8. The van der Waals surface area contributed by atoms with Crippen molar-refractivity contribution in [3.8, 4) is 0 Å². The van der Waals surface area contributed by atoms with Crippen LogP contribution in [0.1, 0.15) is 61.4 Å². The highest BCUT2D eigenvalue weighted by Crippen LogP contribution is 2.26. The van der Waals surface area contributed by atoms with Crippen molar-refractivity contribution in [1.82, 2.24) is 20.5 Å². The lowest BCUT2D eigenvalue weighted by molar-refractivity contribution is -0.113. The van der Waals surface area contributed by atoms with Crippen molar-refractivity contribution in [1.29, 1.82) is 0 Å². The van der Waals surface area contributed by atoms with Gasteiger partial charge in [-0.05, 0) is 41.7 Å². The Balaban J connectivity index is 1.63. The van der Waals surface area contributed by atoms with Crippen molar-refractivity contribution in [2.45, 2.75) is 44.8 Å². The van der Waals surface area contributed by atoms with Crippen molar-refractivity contribution in [2.75, 3.05) is 11.1 Å². The van der Waals surface area contributed by atoms with Crippen LogP contribution in [-0.2, 0) is 4.79 Å². The summed E-state index contributed by atoms with van der Waals surface area (Å²) in [5.74, 6) is 0.497. The van der Waals surface area contributed by atoms with Crippen molar-refractivity contribution in [3.63, 3.8) is 0 Å². The zero-order chi connectivity index (χ0) is 24.8. The van der Waals surface area contributed by atoms with Crippen LogP contribution in [0.4, 0.5) is 5.69 Å². The van der Waals surface area contributed by atoms with E-state index in [0.29, 0.717) is 27.5 Å². The van der Waals surface area contributed by atoms with Crippen molar-refractivity contribution < 1.29 is 9.59 Å². The van der Waals surface area contributed by atoms with E-state index < -0.39 is 6.04 Å². The van der Waals surface area contributed by atoms with Crippen LogP contribution in [0, 0.1) is 5.92 Å². The summed E-state index contributed by atoms with van der Waals surface area (Å²) >= 11 is 13.3. The van der Waals surface area contributed by atoms with Crippen LogP contribution in [0.3, 0.4) is 0 Å². The molecule has 10 heteroatoms. The molecule has 0 aliphatic heterocycles. The second kappa shape index (κ2) is 11.7. The number of hydrogen-bond acceptors (Lipinski definition) is 5. The molecule has 3 rings (SSSR count). The molecule has 1 atom stereocenters. The number of benzene rings is 2. The molecule has 0 saturated carbocycles. The number of anilines is 1. The summed E-state index contributed by atoms with van der Waals surface area (Å²) in [4.78, 5) is 29.8. The molecule has 3 aromatic rings. The first-order valence-electron chi connectivity index (χ1n) is 10.9. The van der Waals surface area contributed by atoms with Gasteiger partial charge in [0.05, 0.1) is 22.4 Å². The second-order valence-corrected chi connectivity index (χ2v) is 10.2. The fourth-order valence-electron chi connectivity index (χ4n) is 3.34. The number of aromatic nitrogens is 3. The van der Waals surface area contributed by atoms with E-state index in [2.05, 4.69) is 39.7 Å². The molecule has 0 aliphatic rings. The highest BCUT2D eigenvalue weighted by molar-refractivity contribution is 7.99. The van der Waals surface area contributed by atoms with Crippen molar-refractivity contribution >= 4 is 52.5 Å². The van der Waals surface area contributed by atoms with E-state index in [4.69, 9.17) is 23.2 Å². The Labute approximate surface area is 213 Å². The number of rotatable bonds is 9. The number of para-hydroxylation sites is 1. The van der Waals surface area contributed by atoms with Crippen LogP contribution in [0.15, 0.2) is 47.6 Å². The van der Waals surface area contributed by atoms with E-state index in [1.54, 1.807) is 12.1 Å². The molecule has 7 nitrogen and oxygen atoms in total. The summed E-state index contributed by atoms with van der Waals surface area (Å²) < 4.78 is 0. The van der Waals surface area contributed by atoms with E-state index in [1.165, 1.54) is 17.8 Å². The lowest BCUT2D eigenvalue weighted by atomic mass is 10.0. The third kappa shape index (κ3) is 6.74. The van der Waals surface area contributed by atoms with Gasteiger partial charge in [0.2, 0.25) is 11.1 Å². The molecule has 1 aromatic heterocycles. The Morgan fingerprint density at radius 2 is 1.82 bits per heavy atom. The minimum atomic E-state index is -0.423. The molecule has 0 aliphatic carbocycles. The number of thioether (sulfide) groups is 1. The number of carbonyl (C=O) groups excluding carboxylic acids is 2. The first kappa shape index (κ1) is 26.1. The summed E-state index contributed by atoms with van der Waals surface area (Å²) in [6, 6.07) is 12.0. The number of H-pyrrole nitrogens is 1. The standard InChI is InChI=1S/C24H27Cl2N5O2S/c1-13(2)16-7-5-6-8-19(16)27-20(32)12-34-24-29-22(30-31-24)21(14(3)4)28-23(33)17-10-9-15(25)11-18(17)26/h5-11,13-14,21H,12H2,1-4H3,(H,27,32)(H,28,33)(H,29,30,31)/t21-/m0/s1. The van der Waals surface area contributed by atoms with Gasteiger partial charge in [-0.3, -0.25) is 14.7 Å². The molecule has 1 heterocycles. The van der Waals surface area contributed by atoms with Gasteiger partial charge < -0.3 is 10.6 Å². The monoisotopic (exact) mass is 519 g/mol. The number of halogens is 2. The van der Waals surface area contributed by atoms with E-state index >= 15 is 0 Å². The van der Waals surface area contributed by atoms with Gasteiger partial charge in [-0.1, -0.05) is 80.9 Å². The minimum Gasteiger partial charge on any atom is -0.342 e. The SMILES string of the molecule is CC(C)c1ccccc1NC(=O)CSc1n[nH]c([C@@H](NC(=O)c2ccc(Cl)cc2Cl)C(C)C)n1. The molecular weight excluding hydrogens is 493 g/mol. The minimum absolute atomic E-state index is 0.0247. The van der Waals surface area contributed by atoms with E-state index in [9.17, 15) is 9.59 Å². The summed E-state index contributed by atoms with van der Waals surface area (Å²) in [5, 5.41) is 14.1. The Morgan fingerprint density at radius 3 is 2.50 bits per heavy atom. The van der Waals surface area contributed by atoms with Gasteiger partial charge in [-0.15, -0.1) is 5.10 Å². The third-order valence-electron chi connectivity index (χ3n) is 5.10. The molecule has 2 aromatic carbocycles. The van der Waals surface area contributed by atoms with Crippen LogP contribution >= 0.6 is 35.0 Å². The summed E-state index contributed by atoms with van der Waals surface area (Å²) in [6.45, 7) is 8.09. The topological polar surface area (TPSA) is 99.8 Å². The number of nitrogens with one attached hydrogen (secondary N) is 3. The van der Waals surface area contributed by atoms with E-state index in [-0.39, 0.29) is 28.5 Å². The fourth-order valence-corrected chi connectivity index (χ4v) is 4.44. The summed E-state index contributed by atoms with van der Waals surface area (Å²) in [5.41, 5.74) is 2.21. The first-order chi connectivity index (χ1) is 16.2. The molecule has 0 unspecified atom stereocenters. The molecule has 0 spiro atoms. The van der Waals surface area contributed by atoms with E-state index in [0.717, 1.165) is 11.3 Å². The largest absolute Gasteiger partial charge is 0.342 e. The molecule has 0 radical (unpaired) electrons. The fraction of sp³-hybridized carbons (Fsp3) is 0.333. The molecule has 0 saturated heterocycles. The van der Waals surface area contributed by atoms with Gasteiger partial charge >= 0.3 is 0 Å². The number of nitrogens with zero attached hydrogens (tertiary/aromatic N) is 2. The average Bonchev–Trinajstić information content (AvgIpc) is 3.24. The smallest absolute Gasteiger partial charge is 0.253 e. The highest BCUT2D eigenvalue weighted by Gasteiger charge is 2.24. The zero-order valence-corrected chi connectivity index (χ0v) is 21.7. The third-order valence-corrected chi connectivity index (χ3v) is 6.49. The zero-order valence-electron chi connectivity index (χ0n) is 19.4. The normalized spacial score (nSPS) is 12.1. The number of carbonyl (C=O) groups is 2. The van der Waals surface area contributed by atoms with Crippen LogP contribution in [0.5, 0.6) is 0 Å². The Morgan fingerprint density at radius 1 is 1.09 bits per heavy atom. The maximum Gasteiger partial charge on any atom is 0.253 e. The second-order valence-electron chi connectivity index (χ2n) is 8.40. The lowest BCUT2D eigenvalue weighted by Gasteiger charge is -2.20. The van der Waals surface area contributed by atoms with Gasteiger partial charge in [-0.2, -0.15) is 0 Å². The van der Waals surface area contributed by atoms with Crippen LogP contribution in [0.2, 0.25) is 10.0 Å².